The summed E-state index contributed by atoms with van der Waals surface area (Å²) in [6, 6.07) is 4.03. The lowest BCUT2D eigenvalue weighted by Gasteiger charge is -1.88. The third-order valence-corrected chi connectivity index (χ3v) is 1.59. The Hall–Kier alpha value is -1.51. The van der Waals surface area contributed by atoms with E-state index in [2.05, 4.69) is 15.0 Å². The first kappa shape index (κ1) is 6.22. The van der Waals surface area contributed by atoms with Gasteiger partial charge >= 0.3 is 0 Å². The molecule has 3 heteroatoms. The van der Waals surface area contributed by atoms with Crippen LogP contribution in [0.2, 0.25) is 0 Å². The van der Waals surface area contributed by atoms with Crippen LogP contribution in [0.1, 0.15) is 5.69 Å². The maximum atomic E-state index is 4.11. The van der Waals surface area contributed by atoms with Crippen molar-refractivity contribution < 1.29 is 0 Å². The number of H-pyrrole nitrogens is 2. The predicted octanol–water partition coefficient (Wildman–Crippen LogP) is 1.71. The summed E-state index contributed by atoms with van der Waals surface area (Å²) in [7, 11) is 0. The summed E-state index contributed by atoms with van der Waals surface area (Å²) in [5.41, 5.74) is 2.18. The van der Waals surface area contributed by atoms with Gasteiger partial charge in [-0.15, -0.1) is 0 Å². The minimum Gasteiger partial charge on any atom is -0.356 e. The van der Waals surface area contributed by atoms with E-state index in [4.69, 9.17) is 0 Å². The van der Waals surface area contributed by atoms with Crippen molar-refractivity contribution in [1.82, 2.24) is 15.0 Å². The molecule has 0 aliphatic carbocycles. The number of rotatable bonds is 1. The Kier molecular flexibility index (Phi) is 1.28. The molecule has 2 aromatic heterocycles. The van der Waals surface area contributed by atoms with Crippen LogP contribution in [0.5, 0.6) is 0 Å². The molecular formula is C8H9N3. The molecule has 0 saturated heterocycles. The maximum absolute atomic E-state index is 4.11. The Bertz CT molecular complexity index is 332. The molecule has 0 radical (unpaired) electrons. The van der Waals surface area contributed by atoms with Gasteiger partial charge in [0.05, 0.1) is 5.69 Å². The van der Waals surface area contributed by atoms with E-state index in [0.717, 1.165) is 17.2 Å². The molecule has 2 N–H and O–H groups in total. The number of aromatic amines is 2. The average molecular weight is 147 g/mol. The first-order chi connectivity index (χ1) is 5.36. The van der Waals surface area contributed by atoms with E-state index in [-0.39, 0.29) is 0 Å². The first-order valence-corrected chi connectivity index (χ1v) is 3.51. The van der Waals surface area contributed by atoms with Gasteiger partial charge in [0.25, 0.3) is 0 Å². The van der Waals surface area contributed by atoms with Crippen molar-refractivity contribution in [2.24, 2.45) is 0 Å². The summed E-state index contributed by atoms with van der Waals surface area (Å²) in [4.78, 5) is 10.3. The van der Waals surface area contributed by atoms with Crippen LogP contribution in [0.3, 0.4) is 0 Å². The normalized spacial score (nSPS) is 10.3. The molecule has 0 aliphatic rings. The molecule has 2 rings (SSSR count). The van der Waals surface area contributed by atoms with E-state index < -0.39 is 0 Å². The van der Waals surface area contributed by atoms with Crippen LogP contribution in [0.4, 0.5) is 0 Å². The standard InChI is InChI=1S/C8H9N3/c1-6-2-3-7(11-6)8-9-4-5-10-8/h2-5,11H,1H3,(H,9,10). The van der Waals surface area contributed by atoms with Crippen LogP contribution in [0.25, 0.3) is 11.5 Å². The third-order valence-electron chi connectivity index (χ3n) is 1.59. The van der Waals surface area contributed by atoms with Crippen molar-refractivity contribution in [3.05, 3.63) is 30.2 Å². The largest absolute Gasteiger partial charge is 0.356 e. The van der Waals surface area contributed by atoms with Gasteiger partial charge in [0.15, 0.2) is 5.82 Å². The lowest BCUT2D eigenvalue weighted by molar-refractivity contribution is 1.21. The van der Waals surface area contributed by atoms with E-state index in [1.165, 1.54) is 0 Å². The molecule has 0 aromatic carbocycles. The van der Waals surface area contributed by atoms with E-state index in [0.29, 0.717) is 0 Å². The van der Waals surface area contributed by atoms with Crippen molar-refractivity contribution in [1.29, 1.82) is 0 Å². The second-order valence-corrected chi connectivity index (χ2v) is 2.49. The Balaban J connectivity index is 2.45. The van der Waals surface area contributed by atoms with Gasteiger partial charge < -0.3 is 9.97 Å². The Morgan fingerprint density at radius 2 is 2.27 bits per heavy atom. The number of nitrogens with zero attached hydrogens (tertiary/aromatic N) is 1. The van der Waals surface area contributed by atoms with Crippen molar-refractivity contribution in [2.45, 2.75) is 6.92 Å². The second-order valence-electron chi connectivity index (χ2n) is 2.49. The molecule has 11 heavy (non-hydrogen) atoms. The molecule has 3 nitrogen and oxygen atoms in total. The molecule has 0 unspecified atom stereocenters. The molecule has 0 atom stereocenters. The number of imidazole rings is 1. The van der Waals surface area contributed by atoms with Gasteiger partial charge in [-0.25, -0.2) is 4.98 Å². The summed E-state index contributed by atoms with van der Waals surface area (Å²) in [5.74, 6) is 0.887. The fourth-order valence-electron chi connectivity index (χ4n) is 1.05. The van der Waals surface area contributed by atoms with Crippen molar-refractivity contribution in [2.75, 3.05) is 0 Å². The number of aromatic nitrogens is 3. The highest BCUT2D eigenvalue weighted by atomic mass is 14.9. The first-order valence-electron chi connectivity index (χ1n) is 3.51. The van der Waals surface area contributed by atoms with Crippen LogP contribution >= 0.6 is 0 Å². The van der Waals surface area contributed by atoms with E-state index in [9.17, 15) is 0 Å². The highest BCUT2D eigenvalue weighted by Crippen LogP contribution is 2.12. The summed E-state index contributed by atoms with van der Waals surface area (Å²) < 4.78 is 0. The molecule has 0 spiro atoms. The monoisotopic (exact) mass is 147 g/mol. The summed E-state index contributed by atoms with van der Waals surface area (Å²) in [5, 5.41) is 0. The smallest absolute Gasteiger partial charge is 0.153 e. The van der Waals surface area contributed by atoms with Gasteiger partial charge in [0.2, 0.25) is 0 Å². The second kappa shape index (κ2) is 2.27. The SMILES string of the molecule is Cc1ccc(-c2ncc[nH]2)[nH]1. The van der Waals surface area contributed by atoms with Crippen molar-refractivity contribution >= 4 is 0 Å². The van der Waals surface area contributed by atoms with Gasteiger partial charge in [-0.3, -0.25) is 0 Å². The van der Waals surface area contributed by atoms with Crippen LogP contribution in [-0.2, 0) is 0 Å². The van der Waals surface area contributed by atoms with E-state index >= 15 is 0 Å². The number of hydrogen-bond donors (Lipinski definition) is 2. The zero-order valence-electron chi connectivity index (χ0n) is 6.26. The Morgan fingerprint density at radius 1 is 1.36 bits per heavy atom. The third kappa shape index (κ3) is 1.05. The number of hydrogen-bond acceptors (Lipinski definition) is 1. The molecule has 0 aliphatic heterocycles. The van der Waals surface area contributed by atoms with Gasteiger partial charge in [0, 0.05) is 18.1 Å². The molecular weight excluding hydrogens is 138 g/mol. The molecule has 2 heterocycles. The van der Waals surface area contributed by atoms with Crippen molar-refractivity contribution in [3.8, 4) is 11.5 Å². The zero-order valence-corrected chi connectivity index (χ0v) is 6.26. The van der Waals surface area contributed by atoms with Gasteiger partial charge in [-0.2, -0.15) is 0 Å². The molecule has 2 aromatic rings. The van der Waals surface area contributed by atoms with Gasteiger partial charge in [-0.05, 0) is 19.1 Å². The molecule has 0 bridgehead atoms. The highest BCUT2D eigenvalue weighted by Gasteiger charge is 1.99. The summed E-state index contributed by atoms with van der Waals surface area (Å²) >= 11 is 0. The fraction of sp³-hybridized carbons (Fsp3) is 0.125. The van der Waals surface area contributed by atoms with Crippen LogP contribution in [0, 0.1) is 6.92 Å². The highest BCUT2D eigenvalue weighted by molar-refractivity contribution is 5.49. The van der Waals surface area contributed by atoms with Crippen LogP contribution < -0.4 is 0 Å². The van der Waals surface area contributed by atoms with Crippen LogP contribution in [0.15, 0.2) is 24.5 Å². The molecule has 0 amide bonds. The minimum atomic E-state index is 0.887. The van der Waals surface area contributed by atoms with Gasteiger partial charge in [-0.1, -0.05) is 0 Å². The quantitative estimate of drug-likeness (QED) is 0.633. The van der Waals surface area contributed by atoms with E-state index in [1.807, 2.05) is 25.3 Å². The number of aryl methyl sites for hydroxylation is 1. The molecule has 0 fully saturated rings. The van der Waals surface area contributed by atoms with Gasteiger partial charge in [0.1, 0.15) is 0 Å². The van der Waals surface area contributed by atoms with Crippen LogP contribution in [-0.4, -0.2) is 15.0 Å². The average Bonchev–Trinajstić information content (AvgIpc) is 2.55. The fourth-order valence-corrected chi connectivity index (χ4v) is 1.05. The lowest BCUT2D eigenvalue weighted by Crippen LogP contribution is -1.79. The Morgan fingerprint density at radius 3 is 2.82 bits per heavy atom. The summed E-state index contributed by atoms with van der Waals surface area (Å²) in [6.45, 7) is 2.02. The molecule has 0 saturated carbocycles. The van der Waals surface area contributed by atoms with Crippen molar-refractivity contribution in [3.63, 3.8) is 0 Å². The molecule has 56 valence electrons. The van der Waals surface area contributed by atoms with E-state index in [1.54, 1.807) is 6.20 Å². The lowest BCUT2D eigenvalue weighted by atomic mass is 10.4. The Labute approximate surface area is 64.5 Å². The maximum Gasteiger partial charge on any atom is 0.153 e. The predicted molar refractivity (Wildman–Crippen MR) is 43.1 cm³/mol. The minimum absolute atomic E-state index is 0.887. The summed E-state index contributed by atoms with van der Waals surface area (Å²) in [6.07, 6.45) is 3.55. The number of nitrogens with one attached hydrogen (secondary N) is 2. The zero-order chi connectivity index (χ0) is 7.68. The topological polar surface area (TPSA) is 44.5 Å².